The van der Waals surface area contributed by atoms with Gasteiger partial charge in [0, 0.05) is 22.8 Å². The summed E-state index contributed by atoms with van der Waals surface area (Å²) in [7, 11) is 0. The Kier molecular flexibility index (Phi) is 4.67. The molecule has 7 heteroatoms. The molecule has 0 unspecified atom stereocenters. The summed E-state index contributed by atoms with van der Waals surface area (Å²) in [5.74, 6) is 0.368. The van der Waals surface area contributed by atoms with Crippen molar-refractivity contribution < 1.29 is 14.4 Å². The minimum atomic E-state index is -0.457. The van der Waals surface area contributed by atoms with Crippen molar-refractivity contribution in [1.82, 2.24) is 0 Å². The first kappa shape index (κ1) is 17.9. The van der Waals surface area contributed by atoms with E-state index in [9.17, 15) is 15.2 Å². The number of phenolic OH excluding ortho intramolecular Hbond substituents is 1. The van der Waals surface area contributed by atoms with Crippen LogP contribution in [0.4, 0.5) is 11.6 Å². The molecule has 0 aliphatic rings. The van der Waals surface area contributed by atoms with Gasteiger partial charge in [-0.15, -0.1) is 0 Å². The first-order valence-corrected chi connectivity index (χ1v) is 9.11. The Balaban J connectivity index is 1.86. The highest BCUT2D eigenvalue weighted by Crippen LogP contribution is 2.44. The summed E-state index contributed by atoms with van der Waals surface area (Å²) in [5, 5.41) is 21.8. The van der Waals surface area contributed by atoms with Crippen LogP contribution in [0.1, 0.15) is 5.56 Å². The van der Waals surface area contributed by atoms with E-state index in [2.05, 4.69) is 20.9 Å². The van der Waals surface area contributed by atoms with Crippen LogP contribution in [0, 0.1) is 10.1 Å². The minimum absolute atomic E-state index is 0.0133. The Labute approximate surface area is 168 Å². The third-order valence-corrected chi connectivity index (χ3v) is 4.77. The molecule has 28 heavy (non-hydrogen) atoms. The van der Waals surface area contributed by atoms with Crippen LogP contribution in [0.5, 0.6) is 5.75 Å². The number of rotatable bonds is 4. The molecular weight excluding hydrogens is 424 g/mol. The number of furan rings is 1. The van der Waals surface area contributed by atoms with Crippen molar-refractivity contribution in [1.29, 1.82) is 0 Å². The van der Waals surface area contributed by atoms with Gasteiger partial charge in [-0.25, -0.2) is 4.99 Å². The fourth-order valence-corrected chi connectivity index (χ4v) is 3.17. The van der Waals surface area contributed by atoms with Crippen molar-refractivity contribution >= 4 is 44.7 Å². The van der Waals surface area contributed by atoms with Gasteiger partial charge in [-0.1, -0.05) is 34.1 Å². The van der Waals surface area contributed by atoms with Gasteiger partial charge in [0.2, 0.25) is 5.88 Å². The van der Waals surface area contributed by atoms with Crippen molar-refractivity contribution in [2.75, 3.05) is 0 Å². The quantitative estimate of drug-likeness (QED) is 0.233. The SMILES string of the molecule is O=[N+]([O-])c1ccc(-c2c(N=Cc3ccc(Br)cc3)oc3cccc(O)c23)cc1. The largest absolute Gasteiger partial charge is 0.507 e. The van der Waals surface area contributed by atoms with Gasteiger partial charge in [0.05, 0.1) is 15.9 Å². The average molecular weight is 437 g/mol. The highest BCUT2D eigenvalue weighted by molar-refractivity contribution is 9.10. The number of aliphatic imine (C=N–C) groups is 1. The smallest absolute Gasteiger partial charge is 0.269 e. The molecular formula is C21H13BrN2O4. The number of benzene rings is 3. The first-order chi connectivity index (χ1) is 13.5. The van der Waals surface area contributed by atoms with E-state index in [0.717, 1.165) is 10.0 Å². The molecule has 0 spiro atoms. The predicted molar refractivity (Wildman–Crippen MR) is 111 cm³/mol. The molecule has 0 aliphatic carbocycles. The zero-order valence-electron chi connectivity index (χ0n) is 14.4. The summed E-state index contributed by atoms with van der Waals surface area (Å²) in [5.41, 5.74) is 2.59. The second-order valence-electron chi connectivity index (χ2n) is 6.05. The third-order valence-electron chi connectivity index (χ3n) is 4.24. The maximum absolute atomic E-state index is 10.9. The number of halogens is 1. The van der Waals surface area contributed by atoms with Crippen LogP contribution in [0.3, 0.4) is 0 Å². The van der Waals surface area contributed by atoms with E-state index in [1.165, 1.54) is 12.1 Å². The average Bonchev–Trinajstić information content (AvgIpc) is 3.07. The Bertz CT molecular complexity index is 1200. The van der Waals surface area contributed by atoms with Crippen LogP contribution in [0.2, 0.25) is 0 Å². The minimum Gasteiger partial charge on any atom is -0.507 e. The van der Waals surface area contributed by atoms with Gasteiger partial charge in [-0.2, -0.15) is 0 Å². The Hall–Kier alpha value is -3.45. The molecule has 0 fully saturated rings. The fourth-order valence-electron chi connectivity index (χ4n) is 2.91. The number of nitrogens with zero attached hydrogens (tertiary/aromatic N) is 2. The summed E-state index contributed by atoms with van der Waals surface area (Å²) in [6.45, 7) is 0. The Morgan fingerprint density at radius 1 is 1.04 bits per heavy atom. The van der Waals surface area contributed by atoms with E-state index >= 15 is 0 Å². The highest BCUT2D eigenvalue weighted by Gasteiger charge is 2.19. The zero-order valence-corrected chi connectivity index (χ0v) is 16.0. The molecule has 0 saturated carbocycles. The molecule has 4 rings (SSSR count). The lowest BCUT2D eigenvalue weighted by molar-refractivity contribution is -0.384. The number of hydrogen-bond acceptors (Lipinski definition) is 5. The standard InChI is InChI=1S/C21H13BrN2O4/c22-15-8-4-13(5-9-15)12-23-21-19(14-6-10-16(11-7-14)24(26)27)20-17(25)2-1-3-18(20)28-21/h1-12,25H. The van der Waals surface area contributed by atoms with E-state index in [0.29, 0.717) is 28.0 Å². The second kappa shape index (κ2) is 7.28. The van der Waals surface area contributed by atoms with Crippen LogP contribution in [0.25, 0.3) is 22.1 Å². The van der Waals surface area contributed by atoms with Crippen LogP contribution in [0.15, 0.2) is 80.6 Å². The lowest BCUT2D eigenvalue weighted by Gasteiger charge is -2.02. The van der Waals surface area contributed by atoms with Gasteiger partial charge in [-0.3, -0.25) is 10.1 Å². The number of nitro benzene ring substituents is 1. The van der Waals surface area contributed by atoms with Crippen molar-refractivity contribution in [3.05, 3.63) is 86.9 Å². The van der Waals surface area contributed by atoms with E-state index in [1.54, 1.807) is 36.5 Å². The van der Waals surface area contributed by atoms with Crippen molar-refractivity contribution in [3.63, 3.8) is 0 Å². The molecule has 0 radical (unpaired) electrons. The molecule has 6 nitrogen and oxygen atoms in total. The Morgan fingerprint density at radius 3 is 2.43 bits per heavy atom. The van der Waals surface area contributed by atoms with Crippen LogP contribution < -0.4 is 0 Å². The topological polar surface area (TPSA) is 88.9 Å². The highest BCUT2D eigenvalue weighted by atomic mass is 79.9. The lowest BCUT2D eigenvalue weighted by atomic mass is 10.0. The van der Waals surface area contributed by atoms with Crippen LogP contribution in [-0.2, 0) is 0 Å². The van der Waals surface area contributed by atoms with Gasteiger partial charge in [0.15, 0.2) is 0 Å². The maximum atomic E-state index is 10.9. The molecule has 0 bridgehead atoms. The van der Waals surface area contributed by atoms with E-state index in [1.807, 2.05) is 24.3 Å². The van der Waals surface area contributed by atoms with Gasteiger partial charge in [0.25, 0.3) is 5.69 Å². The number of nitro groups is 1. The zero-order chi connectivity index (χ0) is 19.7. The Morgan fingerprint density at radius 2 is 1.75 bits per heavy atom. The monoisotopic (exact) mass is 436 g/mol. The van der Waals surface area contributed by atoms with Crippen molar-refractivity contribution in [2.45, 2.75) is 0 Å². The first-order valence-electron chi connectivity index (χ1n) is 8.32. The number of non-ortho nitro benzene ring substituents is 1. The van der Waals surface area contributed by atoms with Crippen LogP contribution in [-0.4, -0.2) is 16.2 Å². The van der Waals surface area contributed by atoms with Gasteiger partial charge in [-0.05, 0) is 47.5 Å². The molecule has 0 saturated heterocycles. The number of hydrogen-bond donors (Lipinski definition) is 1. The van der Waals surface area contributed by atoms with E-state index < -0.39 is 4.92 Å². The van der Waals surface area contributed by atoms with Crippen molar-refractivity contribution in [3.8, 4) is 16.9 Å². The van der Waals surface area contributed by atoms with Gasteiger partial charge in [0.1, 0.15) is 11.3 Å². The van der Waals surface area contributed by atoms with Crippen molar-refractivity contribution in [2.24, 2.45) is 4.99 Å². The molecule has 3 aromatic carbocycles. The molecule has 0 aliphatic heterocycles. The summed E-state index contributed by atoms with van der Waals surface area (Å²) in [6.07, 6.45) is 1.66. The van der Waals surface area contributed by atoms with Gasteiger partial charge < -0.3 is 9.52 Å². The van der Waals surface area contributed by atoms with E-state index in [-0.39, 0.29) is 11.4 Å². The normalized spacial score (nSPS) is 11.3. The molecule has 1 aromatic heterocycles. The number of aromatic hydroxyl groups is 1. The second-order valence-corrected chi connectivity index (χ2v) is 6.96. The molecule has 1 heterocycles. The predicted octanol–water partition coefficient (Wildman–Crippen LogP) is 6.23. The number of fused-ring (bicyclic) bond motifs is 1. The maximum Gasteiger partial charge on any atom is 0.269 e. The van der Waals surface area contributed by atoms with Crippen LogP contribution >= 0.6 is 15.9 Å². The molecule has 0 atom stereocenters. The lowest BCUT2D eigenvalue weighted by Crippen LogP contribution is -1.87. The van der Waals surface area contributed by atoms with E-state index in [4.69, 9.17) is 4.42 Å². The third kappa shape index (κ3) is 3.39. The molecule has 4 aromatic rings. The summed E-state index contributed by atoms with van der Waals surface area (Å²) in [4.78, 5) is 14.9. The summed E-state index contributed by atoms with van der Waals surface area (Å²) < 4.78 is 6.82. The summed E-state index contributed by atoms with van der Waals surface area (Å²) >= 11 is 3.39. The number of phenols is 1. The molecule has 0 amide bonds. The molecule has 138 valence electrons. The fraction of sp³-hybridized carbons (Fsp3) is 0. The summed E-state index contributed by atoms with van der Waals surface area (Å²) in [6, 6.07) is 18.7. The van der Waals surface area contributed by atoms with Gasteiger partial charge >= 0.3 is 0 Å². The molecule has 1 N–H and O–H groups in total.